The average molecular weight is 398 g/mol. The molecule has 0 aromatic heterocycles. The lowest BCUT2D eigenvalue weighted by Gasteiger charge is -2.32. The highest BCUT2D eigenvalue weighted by atomic mass is 19.3. The Morgan fingerprint density at radius 2 is 2.04 bits per heavy atom. The van der Waals surface area contributed by atoms with Crippen LogP contribution in [0.4, 0.5) is 8.78 Å². The lowest BCUT2D eigenvalue weighted by molar-refractivity contribution is 0.0744. The summed E-state index contributed by atoms with van der Waals surface area (Å²) in [6, 6.07) is 7.79. The number of benzene rings is 1. The van der Waals surface area contributed by atoms with E-state index in [4.69, 9.17) is 9.47 Å². The highest BCUT2D eigenvalue weighted by molar-refractivity contribution is 5.80. The molecule has 0 bridgehead atoms. The van der Waals surface area contributed by atoms with Gasteiger partial charge in [0.2, 0.25) is 0 Å². The topological polar surface area (TPSA) is 58.1 Å². The van der Waals surface area contributed by atoms with Gasteiger partial charge in [-0.05, 0) is 31.9 Å². The molecule has 0 atom stereocenters. The summed E-state index contributed by atoms with van der Waals surface area (Å²) < 4.78 is 35.9. The summed E-state index contributed by atoms with van der Waals surface area (Å²) in [5.74, 6) is 2.33. The number of nitrogens with zero attached hydrogens (tertiary/aromatic N) is 2. The lowest BCUT2D eigenvalue weighted by Crippen LogP contribution is -2.49. The quantitative estimate of drug-likeness (QED) is 0.361. The number of alkyl halides is 2. The van der Waals surface area contributed by atoms with Crippen LogP contribution < -0.4 is 20.1 Å². The fourth-order valence-corrected chi connectivity index (χ4v) is 3.10. The van der Waals surface area contributed by atoms with Crippen molar-refractivity contribution in [2.45, 2.75) is 38.7 Å². The van der Waals surface area contributed by atoms with E-state index >= 15 is 0 Å². The molecule has 1 saturated heterocycles. The third-order valence-electron chi connectivity index (χ3n) is 4.55. The minimum absolute atomic E-state index is 0.131. The molecule has 28 heavy (non-hydrogen) atoms. The Morgan fingerprint density at radius 3 is 2.71 bits per heavy atom. The number of guanidine groups is 1. The van der Waals surface area contributed by atoms with Gasteiger partial charge in [-0.3, -0.25) is 9.89 Å². The van der Waals surface area contributed by atoms with Gasteiger partial charge in [-0.15, -0.1) is 0 Å². The highest BCUT2D eigenvalue weighted by Crippen LogP contribution is 2.18. The first kappa shape index (κ1) is 22.2. The zero-order valence-electron chi connectivity index (χ0n) is 16.8. The van der Waals surface area contributed by atoms with Gasteiger partial charge in [0.25, 0.3) is 6.43 Å². The van der Waals surface area contributed by atoms with Crippen LogP contribution in [0, 0.1) is 0 Å². The van der Waals surface area contributed by atoms with Crippen molar-refractivity contribution in [1.82, 2.24) is 15.5 Å². The minimum atomic E-state index is -2.26. The second kappa shape index (κ2) is 12.4. The van der Waals surface area contributed by atoms with E-state index in [0.717, 1.165) is 43.3 Å². The van der Waals surface area contributed by atoms with E-state index in [1.807, 2.05) is 36.1 Å². The number of aliphatic imine (C=N–C) groups is 1. The largest absolute Gasteiger partial charge is 0.497 e. The van der Waals surface area contributed by atoms with Crippen molar-refractivity contribution in [3.63, 3.8) is 0 Å². The van der Waals surface area contributed by atoms with Crippen LogP contribution in [-0.2, 0) is 0 Å². The molecule has 0 aliphatic carbocycles. The fraction of sp³-hybridized carbons (Fsp3) is 0.650. The van der Waals surface area contributed by atoms with E-state index in [-0.39, 0.29) is 12.6 Å². The molecular formula is C20H32F2N4O2. The Bertz CT molecular complexity index is 593. The number of halogens is 2. The van der Waals surface area contributed by atoms with E-state index in [2.05, 4.69) is 15.6 Å². The van der Waals surface area contributed by atoms with Gasteiger partial charge in [0.05, 0.1) is 20.3 Å². The third kappa shape index (κ3) is 8.29. The van der Waals surface area contributed by atoms with E-state index in [1.54, 1.807) is 7.11 Å². The summed E-state index contributed by atoms with van der Waals surface area (Å²) >= 11 is 0. The molecular weight excluding hydrogens is 366 g/mol. The van der Waals surface area contributed by atoms with Gasteiger partial charge in [0, 0.05) is 44.7 Å². The van der Waals surface area contributed by atoms with Crippen LogP contribution in [-0.4, -0.2) is 69.8 Å². The normalized spacial score (nSPS) is 16.2. The van der Waals surface area contributed by atoms with Crippen molar-refractivity contribution in [3.05, 3.63) is 24.3 Å². The molecule has 1 aromatic carbocycles. The minimum Gasteiger partial charge on any atom is -0.497 e. The molecule has 0 saturated carbocycles. The van der Waals surface area contributed by atoms with Gasteiger partial charge in [-0.1, -0.05) is 6.07 Å². The summed E-state index contributed by atoms with van der Waals surface area (Å²) in [7, 11) is 1.63. The summed E-state index contributed by atoms with van der Waals surface area (Å²) in [5.41, 5.74) is 0. The smallest absolute Gasteiger partial charge is 0.251 e. The van der Waals surface area contributed by atoms with Crippen LogP contribution in [0.15, 0.2) is 29.3 Å². The molecule has 0 amide bonds. The van der Waals surface area contributed by atoms with Gasteiger partial charge < -0.3 is 20.1 Å². The number of ether oxygens (including phenoxy) is 2. The zero-order valence-corrected chi connectivity index (χ0v) is 16.8. The Labute approximate surface area is 166 Å². The maximum atomic E-state index is 12.5. The second-order valence-corrected chi connectivity index (χ2v) is 6.75. The van der Waals surface area contributed by atoms with Crippen LogP contribution in [0.5, 0.6) is 11.5 Å². The predicted octanol–water partition coefficient (Wildman–Crippen LogP) is 2.75. The van der Waals surface area contributed by atoms with Gasteiger partial charge in [0.15, 0.2) is 5.96 Å². The molecule has 8 heteroatoms. The van der Waals surface area contributed by atoms with Crippen molar-refractivity contribution < 1.29 is 18.3 Å². The van der Waals surface area contributed by atoms with Crippen LogP contribution in [0.25, 0.3) is 0 Å². The molecule has 1 aromatic rings. The van der Waals surface area contributed by atoms with E-state index in [0.29, 0.717) is 26.2 Å². The first-order valence-electron chi connectivity index (χ1n) is 9.93. The van der Waals surface area contributed by atoms with Crippen molar-refractivity contribution in [2.75, 3.05) is 46.4 Å². The Balaban J connectivity index is 1.70. The Morgan fingerprint density at radius 1 is 1.29 bits per heavy atom. The maximum Gasteiger partial charge on any atom is 0.251 e. The van der Waals surface area contributed by atoms with Gasteiger partial charge in [0.1, 0.15) is 11.5 Å². The fourth-order valence-electron chi connectivity index (χ4n) is 3.10. The van der Waals surface area contributed by atoms with Crippen molar-refractivity contribution >= 4 is 5.96 Å². The standard InChI is InChI=1S/C20H32F2N4O2/c1-3-23-20(25-16-8-11-26(12-9-16)15-19(21)22)24-10-5-13-28-18-7-4-6-17(14-18)27-2/h4,6-7,14,16,19H,3,5,8-13,15H2,1-2H3,(H2,23,24,25). The number of piperidine rings is 1. The SMILES string of the molecule is CCNC(=NCCCOc1cccc(OC)c1)NC1CCN(CC(F)F)CC1. The molecule has 0 spiro atoms. The number of nitrogens with one attached hydrogen (secondary N) is 2. The monoisotopic (exact) mass is 398 g/mol. The number of methoxy groups -OCH3 is 1. The van der Waals surface area contributed by atoms with Gasteiger partial charge >= 0.3 is 0 Å². The predicted molar refractivity (Wildman–Crippen MR) is 108 cm³/mol. The molecule has 1 heterocycles. The Hall–Kier alpha value is -2.09. The number of hydrogen-bond donors (Lipinski definition) is 2. The highest BCUT2D eigenvalue weighted by Gasteiger charge is 2.21. The lowest BCUT2D eigenvalue weighted by atomic mass is 10.1. The summed E-state index contributed by atoms with van der Waals surface area (Å²) in [6.07, 6.45) is 0.217. The molecule has 1 fully saturated rings. The second-order valence-electron chi connectivity index (χ2n) is 6.75. The van der Waals surface area contributed by atoms with Crippen LogP contribution in [0.2, 0.25) is 0 Å². The molecule has 0 radical (unpaired) electrons. The molecule has 1 aliphatic heterocycles. The average Bonchev–Trinajstić information content (AvgIpc) is 2.69. The molecule has 0 unspecified atom stereocenters. The van der Waals surface area contributed by atoms with Crippen LogP contribution in [0.1, 0.15) is 26.2 Å². The number of rotatable bonds is 10. The van der Waals surface area contributed by atoms with Crippen LogP contribution >= 0.6 is 0 Å². The van der Waals surface area contributed by atoms with E-state index in [1.165, 1.54) is 0 Å². The number of likely N-dealkylation sites (tertiary alicyclic amines) is 1. The van der Waals surface area contributed by atoms with Crippen molar-refractivity contribution in [1.29, 1.82) is 0 Å². The molecule has 2 N–H and O–H groups in total. The van der Waals surface area contributed by atoms with E-state index < -0.39 is 6.43 Å². The Kier molecular flexibility index (Phi) is 9.82. The zero-order chi connectivity index (χ0) is 20.2. The van der Waals surface area contributed by atoms with Crippen molar-refractivity contribution in [3.8, 4) is 11.5 Å². The molecule has 2 rings (SSSR count). The summed E-state index contributed by atoms with van der Waals surface area (Å²) in [5, 5.41) is 6.67. The van der Waals surface area contributed by atoms with Gasteiger partial charge in [-0.25, -0.2) is 8.78 Å². The molecule has 158 valence electrons. The summed E-state index contributed by atoms with van der Waals surface area (Å²) in [6.45, 7) is 5.26. The molecule has 1 aliphatic rings. The van der Waals surface area contributed by atoms with Gasteiger partial charge in [-0.2, -0.15) is 0 Å². The third-order valence-corrected chi connectivity index (χ3v) is 4.55. The number of hydrogen-bond acceptors (Lipinski definition) is 4. The summed E-state index contributed by atoms with van der Waals surface area (Å²) in [4.78, 5) is 6.42. The van der Waals surface area contributed by atoms with E-state index in [9.17, 15) is 8.78 Å². The first-order valence-corrected chi connectivity index (χ1v) is 9.93. The molecule has 6 nitrogen and oxygen atoms in total. The first-order chi connectivity index (χ1) is 13.6. The maximum absolute atomic E-state index is 12.5. The van der Waals surface area contributed by atoms with Crippen LogP contribution in [0.3, 0.4) is 0 Å². The van der Waals surface area contributed by atoms with Crippen molar-refractivity contribution in [2.24, 2.45) is 4.99 Å².